The average Bonchev–Trinajstić information content (AvgIpc) is 2.34. The highest BCUT2D eigenvalue weighted by molar-refractivity contribution is 7.89. The Labute approximate surface area is 125 Å². The van der Waals surface area contributed by atoms with E-state index in [0.717, 1.165) is 0 Å². The van der Waals surface area contributed by atoms with E-state index in [1.165, 1.54) is 12.1 Å². The van der Waals surface area contributed by atoms with Gasteiger partial charge >= 0.3 is 0 Å². The quantitative estimate of drug-likeness (QED) is 0.823. The third kappa shape index (κ3) is 5.35. The van der Waals surface area contributed by atoms with E-state index in [1.54, 1.807) is 19.9 Å². The molecule has 0 aliphatic rings. The van der Waals surface area contributed by atoms with Crippen LogP contribution < -0.4 is 15.2 Å². The molecule has 118 valence electrons. The highest BCUT2D eigenvalue weighted by atomic mass is 32.2. The summed E-state index contributed by atoms with van der Waals surface area (Å²) in [7, 11) is -3.75. The summed E-state index contributed by atoms with van der Waals surface area (Å²) in [5, 5.41) is 7.86. The number of sulfonamides is 1. The molecule has 0 spiro atoms. The van der Waals surface area contributed by atoms with Crippen molar-refractivity contribution in [2.24, 2.45) is 11.1 Å². The lowest BCUT2D eigenvalue weighted by atomic mass is 10.2. The summed E-state index contributed by atoms with van der Waals surface area (Å²) < 4.78 is 28.1. The predicted octanol–water partition coefficient (Wildman–Crippen LogP) is 1.18. The SMILES string of the molecule is Cc1cc(OC(C)C(=O)NCC(C)C)ccc1S(N)(=O)=O. The highest BCUT2D eigenvalue weighted by Crippen LogP contribution is 2.21. The second kappa shape index (κ2) is 6.91. The van der Waals surface area contributed by atoms with Crippen molar-refractivity contribution in [1.29, 1.82) is 0 Å². The van der Waals surface area contributed by atoms with Crippen LogP contribution in [0.1, 0.15) is 26.3 Å². The second-order valence-corrected chi connectivity index (χ2v) is 6.90. The monoisotopic (exact) mass is 314 g/mol. The zero-order chi connectivity index (χ0) is 16.2. The maximum absolute atomic E-state index is 11.8. The van der Waals surface area contributed by atoms with Crippen LogP contribution in [0.3, 0.4) is 0 Å². The molecule has 1 rings (SSSR count). The Morgan fingerprint density at radius 2 is 1.95 bits per heavy atom. The zero-order valence-corrected chi connectivity index (χ0v) is 13.5. The molecule has 6 nitrogen and oxygen atoms in total. The van der Waals surface area contributed by atoms with E-state index in [-0.39, 0.29) is 10.8 Å². The number of aryl methyl sites for hydroxylation is 1. The summed E-state index contributed by atoms with van der Waals surface area (Å²) in [5.74, 6) is 0.571. The second-order valence-electron chi connectivity index (χ2n) is 5.37. The van der Waals surface area contributed by atoms with Gasteiger partial charge in [0.2, 0.25) is 10.0 Å². The van der Waals surface area contributed by atoms with Gasteiger partial charge in [0.05, 0.1) is 4.90 Å². The number of ether oxygens (including phenoxy) is 1. The van der Waals surface area contributed by atoms with Gasteiger partial charge in [-0.05, 0) is 43.5 Å². The molecule has 21 heavy (non-hydrogen) atoms. The minimum Gasteiger partial charge on any atom is -0.481 e. The molecule has 0 saturated heterocycles. The van der Waals surface area contributed by atoms with Crippen LogP contribution >= 0.6 is 0 Å². The first-order valence-electron chi connectivity index (χ1n) is 6.69. The lowest BCUT2D eigenvalue weighted by Gasteiger charge is -2.16. The number of carbonyl (C=O) groups is 1. The van der Waals surface area contributed by atoms with E-state index in [1.807, 2.05) is 13.8 Å². The van der Waals surface area contributed by atoms with E-state index < -0.39 is 16.1 Å². The molecular formula is C14H22N2O4S. The molecule has 0 aliphatic carbocycles. The molecular weight excluding hydrogens is 292 g/mol. The number of hydrogen-bond acceptors (Lipinski definition) is 4. The molecule has 7 heteroatoms. The largest absolute Gasteiger partial charge is 0.481 e. The van der Waals surface area contributed by atoms with E-state index in [0.29, 0.717) is 23.8 Å². The maximum Gasteiger partial charge on any atom is 0.260 e. The number of primary sulfonamides is 1. The summed E-state index contributed by atoms with van der Waals surface area (Å²) >= 11 is 0. The summed E-state index contributed by atoms with van der Waals surface area (Å²) in [6, 6.07) is 4.41. The molecule has 0 aliphatic heterocycles. The molecule has 0 fully saturated rings. The van der Waals surface area contributed by atoms with Crippen molar-refractivity contribution >= 4 is 15.9 Å². The molecule has 1 aromatic rings. The molecule has 1 aromatic carbocycles. The number of nitrogens with one attached hydrogen (secondary N) is 1. The summed E-state index contributed by atoms with van der Waals surface area (Å²) in [5.41, 5.74) is 0.477. The molecule has 0 bridgehead atoms. The van der Waals surface area contributed by atoms with E-state index >= 15 is 0 Å². The van der Waals surface area contributed by atoms with Gasteiger partial charge in [0.15, 0.2) is 6.10 Å². The Morgan fingerprint density at radius 1 is 1.33 bits per heavy atom. The number of benzene rings is 1. The van der Waals surface area contributed by atoms with E-state index in [2.05, 4.69) is 5.32 Å². The van der Waals surface area contributed by atoms with Crippen LogP contribution in [-0.2, 0) is 14.8 Å². The minimum absolute atomic E-state index is 0.0479. The maximum atomic E-state index is 11.8. The van der Waals surface area contributed by atoms with Gasteiger partial charge in [0, 0.05) is 6.54 Å². The van der Waals surface area contributed by atoms with Crippen LogP contribution in [0.4, 0.5) is 0 Å². The smallest absolute Gasteiger partial charge is 0.260 e. The topological polar surface area (TPSA) is 98.5 Å². The Kier molecular flexibility index (Phi) is 5.74. The molecule has 0 saturated carbocycles. The Morgan fingerprint density at radius 3 is 2.43 bits per heavy atom. The van der Waals surface area contributed by atoms with Crippen LogP contribution in [0.2, 0.25) is 0 Å². The standard InChI is InChI=1S/C14H22N2O4S/c1-9(2)8-16-14(17)11(4)20-12-5-6-13(10(3)7-12)21(15,18)19/h5-7,9,11H,8H2,1-4H3,(H,16,17)(H2,15,18,19). The first kappa shape index (κ1) is 17.5. The van der Waals surface area contributed by atoms with Gasteiger partial charge in [-0.25, -0.2) is 13.6 Å². The summed E-state index contributed by atoms with van der Waals surface area (Å²) in [6.07, 6.45) is -0.663. The molecule has 1 atom stereocenters. The number of hydrogen-bond donors (Lipinski definition) is 2. The summed E-state index contributed by atoms with van der Waals surface area (Å²) in [6.45, 7) is 7.84. The number of carbonyl (C=O) groups excluding carboxylic acids is 1. The van der Waals surface area contributed by atoms with Gasteiger partial charge in [-0.15, -0.1) is 0 Å². The molecule has 1 amide bonds. The Hall–Kier alpha value is -1.60. The molecule has 1 unspecified atom stereocenters. The fraction of sp³-hybridized carbons (Fsp3) is 0.500. The molecule has 3 N–H and O–H groups in total. The number of nitrogens with two attached hydrogens (primary N) is 1. The summed E-state index contributed by atoms with van der Waals surface area (Å²) in [4.78, 5) is 11.9. The fourth-order valence-corrected chi connectivity index (χ4v) is 2.49. The molecule has 0 radical (unpaired) electrons. The van der Waals surface area contributed by atoms with Crippen molar-refractivity contribution in [1.82, 2.24) is 5.32 Å². The average molecular weight is 314 g/mol. The van der Waals surface area contributed by atoms with Crippen molar-refractivity contribution in [2.75, 3.05) is 6.54 Å². The van der Waals surface area contributed by atoms with Gasteiger partial charge in [0.25, 0.3) is 5.91 Å². The molecule has 0 heterocycles. The predicted molar refractivity (Wildman–Crippen MR) is 80.5 cm³/mol. The van der Waals surface area contributed by atoms with Gasteiger partial charge in [-0.2, -0.15) is 0 Å². The molecule has 0 aromatic heterocycles. The lowest BCUT2D eigenvalue weighted by molar-refractivity contribution is -0.127. The Balaban J connectivity index is 2.76. The van der Waals surface area contributed by atoms with Gasteiger partial charge in [0.1, 0.15) is 5.75 Å². The zero-order valence-electron chi connectivity index (χ0n) is 12.7. The van der Waals surface area contributed by atoms with Crippen LogP contribution in [0.25, 0.3) is 0 Å². The Bertz CT molecular complexity index is 611. The van der Waals surface area contributed by atoms with Crippen molar-refractivity contribution < 1.29 is 17.9 Å². The van der Waals surface area contributed by atoms with Crippen LogP contribution in [0, 0.1) is 12.8 Å². The third-order valence-corrected chi connectivity index (χ3v) is 3.89. The number of rotatable bonds is 6. The van der Waals surface area contributed by atoms with Crippen molar-refractivity contribution in [3.05, 3.63) is 23.8 Å². The van der Waals surface area contributed by atoms with Crippen molar-refractivity contribution in [3.63, 3.8) is 0 Å². The third-order valence-electron chi connectivity index (χ3n) is 2.82. The number of amides is 1. The van der Waals surface area contributed by atoms with Crippen LogP contribution in [0.5, 0.6) is 5.75 Å². The first-order chi connectivity index (χ1) is 9.61. The highest BCUT2D eigenvalue weighted by Gasteiger charge is 2.16. The fourth-order valence-electron chi connectivity index (χ4n) is 1.72. The van der Waals surface area contributed by atoms with Crippen molar-refractivity contribution in [3.8, 4) is 5.75 Å². The van der Waals surface area contributed by atoms with Gasteiger partial charge in [-0.3, -0.25) is 4.79 Å². The van der Waals surface area contributed by atoms with Crippen LogP contribution in [0.15, 0.2) is 23.1 Å². The van der Waals surface area contributed by atoms with Gasteiger partial charge in [-0.1, -0.05) is 13.8 Å². The first-order valence-corrected chi connectivity index (χ1v) is 8.23. The normalized spacial score (nSPS) is 13.0. The van der Waals surface area contributed by atoms with E-state index in [4.69, 9.17) is 9.88 Å². The minimum atomic E-state index is -3.75. The lowest BCUT2D eigenvalue weighted by Crippen LogP contribution is -2.38. The van der Waals surface area contributed by atoms with Gasteiger partial charge < -0.3 is 10.1 Å². The van der Waals surface area contributed by atoms with Crippen LogP contribution in [-0.4, -0.2) is 27.0 Å². The van der Waals surface area contributed by atoms with E-state index in [9.17, 15) is 13.2 Å². The van der Waals surface area contributed by atoms with Crippen molar-refractivity contribution in [2.45, 2.75) is 38.7 Å².